The molecular weight excluding hydrogens is 266 g/mol. The molecule has 2 rings (SSSR count). The molecule has 0 saturated heterocycles. The molecule has 0 aliphatic carbocycles. The molecule has 3 N–H and O–H groups in total. The lowest BCUT2D eigenvalue weighted by Crippen LogP contribution is -2.20. The van der Waals surface area contributed by atoms with Gasteiger partial charge in [0.2, 0.25) is 0 Å². The Morgan fingerprint density at radius 2 is 1.67 bits per heavy atom. The summed E-state index contributed by atoms with van der Waals surface area (Å²) in [6, 6.07) is 15.0. The Morgan fingerprint density at radius 1 is 1.00 bits per heavy atom. The Hall–Kier alpha value is -2.04. The summed E-state index contributed by atoms with van der Waals surface area (Å²) in [6.07, 6.45) is -0.723. The fraction of sp³-hybridized carbons (Fsp3) is 0.294. The summed E-state index contributed by atoms with van der Waals surface area (Å²) >= 11 is 0. The van der Waals surface area contributed by atoms with Crippen LogP contribution in [0.2, 0.25) is 0 Å². The maximum atomic E-state index is 10.7. The third-order valence-corrected chi connectivity index (χ3v) is 3.64. The Bertz CT molecular complexity index is 569. The van der Waals surface area contributed by atoms with Crippen LogP contribution < -0.4 is 15.2 Å². The normalized spacial score (nSPS) is 13.5. The van der Waals surface area contributed by atoms with Crippen LogP contribution in [0.5, 0.6) is 11.5 Å². The third kappa shape index (κ3) is 3.35. The molecule has 0 aliphatic rings. The lowest BCUT2D eigenvalue weighted by molar-refractivity contribution is 0.143. The van der Waals surface area contributed by atoms with Crippen molar-refractivity contribution in [2.45, 2.75) is 12.0 Å². The Kier molecular flexibility index (Phi) is 5.20. The van der Waals surface area contributed by atoms with E-state index in [9.17, 15) is 5.11 Å². The molecule has 0 aliphatic heterocycles. The Labute approximate surface area is 125 Å². The zero-order chi connectivity index (χ0) is 15.2. The van der Waals surface area contributed by atoms with Gasteiger partial charge in [0.1, 0.15) is 11.5 Å². The van der Waals surface area contributed by atoms with E-state index < -0.39 is 6.10 Å². The van der Waals surface area contributed by atoms with Crippen LogP contribution in [0.25, 0.3) is 0 Å². The molecule has 0 spiro atoms. The van der Waals surface area contributed by atoms with E-state index in [1.807, 2.05) is 48.5 Å². The molecule has 4 heteroatoms. The fourth-order valence-corrected chi connectivity index (χ4v) is 2.43. The van der Waals surface area contributed by atoms with E-state index in [0.717, 1.165) is 16.9 Å². The molecular formula is C17H21NO3. The highest BCUT2D eigenvalue weighted by Crippen LogP contribution is 2.35. The monoisotopic (exact) mass is 287 g/mol. The first kappa shape index (κ1) is 15.4. The first-order chi connectivity index (χ1) is 10.2. The largest absolute Gasteiger partial charge is 0.497 e. The highest BCUT2D eigenvalue weighted by atomic mass is 16.5. The van der Waals surface area contributed by atoms with Crippen LogP contribution in [-0.2, 0) is 0 Å². The molecule has 2 aromatic carbocycles. The second kappa shape index (κ2) is 7.11. The van der Waals surface area contributed by atoms with Crippen molar-refractivity contribution in [3.63, 3.8) is 0 Å². The Morgan fingerprint density at radius 3 is 2.24 bits per heavy atom. The second-order valence-electron chi connectivity index (χ2n) is 4.80. The molecule has 0 aromatic heterocycles. The average molecular weight is 287 g/mol. The third-order valence-electron chi connectivity index (χ3n) is 3.64. The molecule has 21 heavy (non-hydrogen) atoms. The van der Waals surface area contributed by atoms with E-state index >= 15 is 0 Å². The van der Waals surface area contributed by atoms with Crippen LogP contribution in [0.1, 0.15) is 23.1 Å². The van der Waals surface area contributed by atoms with Gasteiger partial charge in [-0.3, -0.25) is 0 Å². The maximum Gasteiger partial charge on any atom is 0.124 e. The van der Waals surface area contributed by atoms with Gasteiger partial charge in [-0.25, -0.2) is 0 Å². The van der Waals surface area contributed by atoms with Gasteiger partial charge < -0.3 is 20.3 Å². The van der Waals surface area contributed by atoms with Gasteiger partial charge in [0.05, 0.1) is 20.3 Å². The predicted octanol–water partition coefficient (Wildman–Crippen LogP) is 2.48. The highest BCUT2D eigenvalue weighted by Gasteiger charge is 2.24. The van der Waals surface area contributed by atoms with Crippen LogP contribution in [0.4, 0.5) is 0 Å². The number of hydrogen-bond donors (Lipinski definition) is 2. The highest BCUT2D eigenvalue weighted by molar-refractivity contribution is 5.38. The van der Waals surface area contributed by atoms with Crippen LogP contribution in [0.3, 0.4) is 0 Å². The van der Waals surface area contributed by atoms with Gasteiger partial charge >= 0.3 is 0 Å². The number of benzene rings is 2. The maximum absolute atomic E-state index is 10.7. The number of nitrogens with two attached hydrogens (primary N) is 1. The standard InChI is InChI=1S/C17H21NO3/c1-20-13-9-7-12(8-10-13)15(11-18)17(19)14-5-3-4-6-16(14)21-2/h3-10,15,17,19H,11,18H2,1-2H3. The van der Waals surface area contributed by atoms with Crippen molar-refractivity contribution >= 4 is 0 Å². The lowest BCUT2D eigenvalue weighted by atomic mass is 9.89. The van der Waals surface area contributed by atoms with E-state index in [-0.39, 0.29) is 5.92 Å². The summed E-state index contributed by atoms with van der Waals surface area (Å²) in [4.78, 5) is 0. The minimum Gasteiger partial charge on any atom is -0.497 e. The van der Waals surface area contributed by atoms with E-state index in [0.29, 0.717) is 12.3 Å². The second-order valence-corrected chi connectivity index (χ2v) is 4.80. The van der Waals surface area contributed by atoms with Gasteiger partial charge in [0, 0.05) is 18.0 Å². The summed E-state index contributed by atoms with van der Waals surface area (Å²) in [5, 5.41) is 10.7. The Balaban J connectivity index is 2.31. The molecule has 0 amide bonds. The van der Waals surface area contributed by atoms with Crippen molar-refractivity contribution in [1.29, 1.82) is 0 Å². The van der Waals surface area contributed by atoms with E-state index in [1.165, 1.54) is 0 Å². The minimum absolute atomic E-state index is 0.202. The molecule has 0 radical (unpaired) electrons. The molecule has 0 fully saturated rings. The van der Waals surface area contributed by atoms with Crippen molar-refractivity contribution in [2.24, 2.45) is 5.73 Å². The van der Waals surface area contributed by atoms with Gasteiger partial charge in [-0.1, -0.05) is 30.3 Å². The summed E-state index contributed by atoms with van der Waals surface area (Å²) in [5.41, 5.74) is 7.58. The van der Waals surface area contributed by atoms with Crippen LogP contribution in [-0.4, -0.2) is 25.9 Å². The summed E-state index contributed by atoms with van der Waals surface area (Å²) in [6.45, 7) is 0.339. The number of hydrogen-bond acceptors (Lipinski definition) is 4. The van der Waals surface area contributed by atoms with Gasteiger partial charge in [-0.2, -0.15) is 0 Å². The van der Waals surface area contributed by atoms with Crippen LogP contribution in [0, 0.1) is 0 Å². The lowest BCUT2D eigenvalue weighted by Gasteiger charge is -2.24. The SMILES string of the molecule is COc1ccc(C(CN)C(O)c2ccccc2OC)cc1. The topological polar surface area (TPSA) is 64.7 Å². The predicted molar refractivity (Wildman–Crippen MR) is 82.7 cm³/mol. The summed E-state index contributed by atoms with van der Waals surface area (Å²) in [7, 11) is 3.22. The number of rotatable bonds is 6. The number of aliphatic hydroxyl groups is 1. The zero-order valence-electron chi connectivity index (χ0n) is 12.3. The van der Waals surface area contributed by atoms with Crippen molar-refractivity contribution in [3.05, 3.63) is 59.7 Å². The smallest absolute Gasteiger partial charge is 0.124 e. The molecule has 0 heterocycles. The average Bonchev–Trinajstić information content (AvgIpc) is 2.56. The fourth-order valence-electron chi connectivity index (χ4n) is 2.43. The van der Waals surface area contributed by atoms with Crippen LogP contribution in [0.15, 0.2) is 48.5 Å². The van der Waals surface area contributed by atoms with Gasteiger partial charge in [0.25, 0.3) is 0 Å². The van der Waals surface area contributed by atoms with Crippen LogP contribution >= 0.6 is 0 Å². The van der Waals surface area contributed by atoms with Crippen molar-refractivity contribution in [2.75, 3.05) is 20.8 Å². The first-order valence-electron chi connectivity index (χ1n) is 6.86. The van der Waals surface area contributed by atoms with Gasteiger partial charge in [-0.15, -0.1) is 0 Å². The molecule has 4 nitrogen and oxygen atoms in total. The molecule has 2 aromatic rings. The summed E-state index contributed by atoms with van der Waals surface area (Å²) < 4.78 is 10.5. The number of methoxy groups -OCH3 is 2. The van der Waals surface area contributed by atoms with E-state index in [2.05, 4.69) is 0 Å². The first-order valence-corrected chi connectivity index (χ1v) is 6.86. The van der Waals surface area contributed by atoms with Crippen molar-refractivity contribution in [3.8, 4) is 11.5 Å². The quantitative estimate of drug-likeness (QED) is 0.856. The number of aliphatic hydroxyl groups excluding tert-OH is 1. The van der Waals surface area contributed by atoms with Gasteiger partial charge in [-0.05, 0) is 23.8 Å². The molecule has 0 saturated carbocycles. The van der Waals surface area contributed by atoms with E-state index in [1.54, 1.807) is 14.2 Å². The minimum atomic E-state index is -0.723. The molecule has 2 atom stereocenters. The van der Waals surface area contributed by atoms with Gasteiger partial charge in [0.15, 0.2) is 0 Å². The zero-order valence-corrected chi connectivity index (χ0v) is 12.3. The van der Waals surface area contributed by atoms with E-state index in [4.69, 9.17) is 15.2 Å². The molecule has 2 unspecified atom stereocenters. The number of ether oxygens (including phenoxy) is 2. The molecule has 112 valence electrons. The number of para-hydroxylation sites is 1. The van der Waals surface area contributed by atoms with Crippen molar-refractivity contribution < 1.29 is 14.6 Å². The summed E-state index contributed by atoms with van der Waals surface area (Å²) in [5.74, 6) is 1.24. The molecule has 0 bridgehead atoms. The van der Waals surface area contributed by atoms with Crippen molar-refractivity contribution in [1.82, 2.24) is 0 Å².